The fraction of sp³-hybridized carbons (Fsp3) is 0.857. The zero-order valence-corrected chi connectivity index (χ0v) is 11.1. The van der Waals surface area contributed by atoms with Crippen LogP contribution >= 0.6 is 0 Å². The van der Waals surface area contributed by atoms with Crippen LogP contribution in [0.1, 0.15) is 20.8 Å². The lowest BCUT2D eigenvalue weighted by molar-refractivity contribution is -0.610. The number of ether oxygens (including phenoxy) is 1. The zero-order chi connectivity index (χ0) is 13.5. The highest BCUT2D eigenvalue weighted by Crippen LogP contribution is 3.07. The number of hydrogen-bond acceptors (Lipinski definition) is 3. The molecule has 5 heteroatoms. The minimum absolute atomic E-state index is 0.347. The largest absolute Gasteiger partial charge is 0.481 e. The van der Waals surface area contributed by atoms with Gasteiger partial charge in [0.15, 0.2) is 0 Å². The van der Waals surface area contributed by atoms with Gasteiger partial charge in [-0.05, 0) is 56.3 Å². The molecule has 0 aliphatic heterocycles. The summed E-state index contributed by atoms with van der Waals surface area (Å²) in [5.41, 5.74) is -1.62. The van der Waals surface area contributed by atoms with Crippen molar-refractivity contribution in [2.45, 2.75) is 31.9 Å². The molecule has 102 valence electrons. The highest BCUT2D eigenvalue weighted by molar-refractivity contribution is 5.91. The Morgan fingerprint density at radius 2 is 1.63 bits per heavy atom. The zero-order valence-electron chi connectivity index (χ0n) is 11.1. The Balaban J connectivity index is 1.42. The van der Waals surface area contributed by atoms with Crippen molar-refractivity contribution in [2.24, 2.45) is 40.9 Å². The van der Waals surface area contributed by atoms with Crippen LogP contribution < -0.4 is 5.32 Å². The smallest absolute Gasteiger partial charge is 0.408 e. The Bertz CT molecular complexity index is 542. The third-order valence-corrected chi connectivity index (χ3v) is 6.73. The lowest BCUT2D eigenvalue weighted by Crippen LogP contribution is -3.17. The summed E-state index contributed by atoms with van der Waals surface area (Å²) in [7, 11) is 0. The molecular formula is C14H17NO4. The van der Waals surface area contributed by atoms with Crippen LogP contribution in [0, 0.1) is 40.9 Å². The van der Waals surface area contributed by atoms with Gasteiger partial charge in [0.1, 0.15) is 5.60 Å². The number of hydrogen-bond donors (Lipinski definition) is 2. The van der Waals surface area contributed by atoms with Crippen LogP contribution in [-0.4, -0.2) is 28.3 Å². The van der Waals surface area contributed by atoms with Crippen LogP contribution in [-0.2, 0) is 9.53 Å². The molecule has 6 aliphatic carbocycles. The number of carbonyl (C=O) groups excluding carboxylic acids is 1. The van der Waals surface area contributed by atoms with Gasteiger partial charge in [-0.25, -0.2) is 4.79 Å². The summed E-state index contributed by atoms with van der Waals surface area (Å²) in [4.78, 5) is 23.6. The van der Waals surface area contributed by atoms with E-state index in [4.69, 9.17) is 4.74 Å². The predicted octanol–water partition coefficient (Wildman–Crippen LogP) is 1.09. The Morgan fingerprint density at radius 3 is 2.11 bits per heavy atom. The van der Waals surface area contributed by atoms with E-state index in [1.54, 1.807) is 0 Å². The van der Waals surface area contributed by atoms with Crippen LogP contribution in [0.2, 0.25) is 0 Å². The first-order valence-corrected chi connectivity index (χ1v) is 7.03. The standard InChI is InChI=1S/C14H17NO4/c1-12(2,3)19-11(18)15-14-8-5-4-6(8)13(14,10(16)17)7(4)9(5)14/h4-9H,1-3H3,(H,15,18)(H,16,17). The maximum absolute atomic E-state index is 12.0. The molecule has 4 atom stereocenters. The molecule has 0 spiro atoms. The molecule has 6 rings (SSSR count). The van der Waals surface area contributed by atoms with Crippen molar-refractivity contribution >= 4 is 12.1 Å². The number of carboxylic acid groups (broad SMARTS) is 1. The van der Waals surface area contributed by atoms with Crippen molar-refractivity contribution < 1.29 is 19.4 Å². The van der Waals surface area contributed by atoms with E-state index < -0.39 is 28.6 Å². The molecule has 6 saturated carbocycles. The molecule has 2 N–H and O–H groups in total. The van der Waals surface area contributed by atoms with Crippen LogP contribution in [0.3, 0.4) is 0 Å². The molecule has 0 radical (unpaired) electrons. The van der Waals surface area contributed by atoms with Crippen LogP contribution in [0.15, 0.2) is 0 Å². The minimum Gasteiger partial charge on any atom is -0.481 e. The lowest BCUT2D eigenvalue weighted by atomic mass is 8.94. The Kier molecular flexibility index (Phi) is 1.26. The van der Waals surface area contributed by atoms with Gasteiger partial charge in [-0.1, -0.05) is 0 Å². The molecule has 0 bridgehead atoms. The maximum atomic E-state index is 12.0. The Morgan fingerprint density at radius 1 is 1.11 bits per heavy atom. The number of carbonyl (C=O) groups is 2. The van der Waals surface area contributed by atoms with E-state index in [0.29, 0.717) is 35.5 Å². The van der Waals surface area contributed by atoms with E-state index in [1.807, 2.05) is 20.8 Å². The second kappa shape index (κ2) is 2.27. The average Bonchev–Trinajstić information content (AvgIpc) is 2.25. The first-order valence-electron chi connectivity index (χ1n) is 7.03. The molecule has 0 heterocycles. The van der Waals surface area contributed by atoms with Crippen molar-refractivity contribution in [1.82, 2.24) is 5.32 Å². The quantitative estimate of drug-likeness (QED) is 0.782. The fourth-order valence-electron chi connectivity index (χ4n) is 6.74. The molecule has 0 saturated heterocycles. The summed E-state index contributed by atoms with van der Waals surface area (Å²) in [6.45, 7) is 5.46. The van der Waals surface area contributed by atoms with E-state index in [1.165, 1.54) is 0 Å². The normalized spacial score (nSPS) is 60.4. The second-order valence-corrected chi connectivity index (χ2v) is 7.93. The van der Waals surface area contributed by atoms with Crippen LogP contribution in [0.25, 0.3) is 0 Å². The van der Waals surface area contributed by atoms with E-state index in [-0.39, 0.29) is 0 Å². The number of aliphatic carboxylic acids is 1. The van der Waals surface area contributed by atoms with Gasteiger partial charge in [-0.2, -0.15) is 0 Å². The Labute approximate surface area is 110 Å². The second-order valence-electron chi connectivity index (χ2n) is 7.93. The van der Waals surface area contributed by atoms with Gasteiger partial charge in [0.25, 0.3) is 0 Å². The molecule has 6 aliphatic rings. The van der Waals surface area contributed by atoms with E-state index in [9.17, 15) is 14.7 Å². The average molecular weight is 263 g/mol. The molecule has 19 heavy (non-hydrogen) atoms. The molecule has 0 aromatic rings. The predicted molar refractivity (Wildman–Crippen MR) is 63.1 cm³/mol. The molecule has 5 nitrogen and oxygen atoms in total. The van der Waals surface area contributed by atoms with Crippen LogP contribution in [0.4, 0.5) is 4.79 Å². The summed E-state index contributed by atoms with van der Waals surface area (Å²) >= 11 is 0. The van der Waals surface area contributed by atoms with Gasteiger partial charge < -0.3 is 15.2 Å². The van der Waals surface area contributed by atoms with Crippen molar-refractivity contribution in [3.63, 3.8) is 0 Å². The molecule has 0 aromatic carbocycles. The first kappa shape index (κ1) is 10.5. The number of alkyl carbamates (subject to hydrolysis) is 1. The third-order valence-electron chi connectivity index (χ3n) is 6.73. The molecule has 6 fully saturated rings. The number of amides is 1. The monoisotopic (exact) mass is 263 g/mol. The fourth-order valence-corrected chi connectivity index (χ4v) is 6.74. The van der Waals surface area contributed by atoms with E-state index >= 15 is 0 Å². The molecule has 1 amide bonds. The first-order chi connectivity index (χ1) is 8.78. The molecule has 0 aromatic heterocycles. The number of rotatable bonds is 2. The third kappa shape index (κ3) is 0.634. The number of carboxylic acids is 1. The number of nitrogens with one attached hydrogen (secondary N) is 1. The highest BCUT2D eigenvalue weighted by atomic mass is 16.6. The van der Waals surface area contributed by atoms with Gasteiger partial charge in [0.2, 0.25) is 0 Å². The Hall–Kier alpha value is -1.26. The van der Waals surface area contributed by atoms with E-state index in [0.717, 1.165) is 0 Å². The molecular weight excluding hydrogens is 246 g/mol. The summed E-state index contributed by atoms with van der Waals surface area (Å²) in [6, 6.07) is 0. The van der Waals surface area contributed by atoms with Crippen molar-refractivity contribution in [3.05, 3.63) is 0 Å². The molecule has 4 unspecified atom stereocenters. The summed E-state index contributed by atoms with van der Waals surface area (Å²) in [5, 5.41) is 12.5. The minimum atomic E-state index is -0.708. The van der Waals surface area contributed by atoms with Crippen LogP contribution in [0.5, 0.6) is 0 Å². The van der Waals surface area contributed by atoms with Gasteiger partial charge in [0, 0.05) is 0 Å². The highest BCUT2D eigenvalue weighted by Gasteiger charge is 3.13. The summed E-state index contributed by atoms with van der Waals surface area (Å²) in [6.07, 6.45) is -0.455. The lowest BCUT2D eigenvalue weighted by Gasteiger charge is -3.09. The van der Waals surface area contributed by atoms with E-state index in [2.05, 4.69) is 5.32 Å². The van der Waals surface area contributed by atoms with Gasteiger partial charge >= 0.3 is 12.1 Å². The van der Waals surface area contributed by atoms with Gasteiger partial charge in [-0.3, -0.25) is 4.79 Å². The van der Waals surface area contributed by atoms with Gasteiger partial charge in [0.05, 0.1) is 11.0 Å². The van der Waals surface area contributed by atoms with Crippen molar-refractivity contribution in [2.75, 3.05) is 0 Å². The van der Waals surface area contributed by atoms with Crippen molar-refractivity contribution in [3.8, 4) is 0 Å². The summed E-state index contributed by atoms with van der Waals surface area (Å²) in [5.74, 6) is 2.23. The maximum Gasteiger partial charge on any atom is 0.408 e. The van der Waals surface area contributed by atoms with Gasteiger partial charge in [-0.15, -0.1) is 0 Å². The van der Waals surface area contributed by atoms with Crippen molar-refractivity contribution in [1.29, 1.82) is 0 Å². The SMILES string of the molecule is CC(C)(C)OC(=O)NC12C3C4C5C3C1(C(=O)O)C5C42. The topological polar surface area (TPSA) is 75.6 Å². The summed E-state index contributed by atoms with van der Waals surface area (Å²) < 4.78 is 5.30.